The van der Waals surface area contributed by atoms with Crippen LogP contribution >= 0.6 is 0 Å². The molecular formula is C8H16N2O4S2. The minimum Gasteiger partial charge on any atom is -0.468 e. The Labute approximate surface area is 101 Å². The first-order valence-electron chi connectivity index (χ1n) is 4.44. The van der Waals surface area contributed by atoms with Gasteiger partial charge < -0.3 is 20.9 Å². The summed E-state index contributed by atoms with van der Waals surface area (Å²) in [6, 6.07) is -1.54. The van der Waals surface area contributed by atoms with Crippen molar-refractivity contribution < 1.29 is 19.1 Å². The van der Waals surface area contributed by atoms with Gasteiger partial charge in [-0.15, -0.1) is 9.45 Å². The van der Waals surface area contributed by atoms with Gasteiger partial charge in [0.15, 0.2) is 0 Å². The molecule has 3 atom stereocenters. The Morgan fingerprint density at radius 1 is 1.12 bits per heavy atom. The Morgan fingerprint density at radius 2 is 1.44 bits per heavy atom. The zero-order chi connectivity index (χ0) is 12.7. The third kappa shape index (κ3) is 5.50. The molecule has 0 amide bonds. The van der Waals surface area contributed by atoms with Crippen molar-refractivity contribution in [2.75, 3.05) is 25.7 Å². The molecule has 0 aromatic rings. The summed E-state index contributed by atoms with van der Waals surface area (Å²) >= 11 is 5.08. The number of esters is 2. The standard InChI is InChI=1S/C8H16N2O4S2/c1-13-7(11)5(9)3-16(15)4-6(10)8(12)14-2/h5-6H,3-4,9-10H2,1-2H3/t5-,6+,16?. The van der Waals surface area contributed by atoms with Crippen molar-refractivity contribution in [3.05, 3.63) is 0 Å². The van der Waals surface area contributed by atoms with Crippen molar-refractivity contribution in [1.29, 1.82) is 0 Å². The fourth-order valence-corrected chi connectivity index (χ4v) is 3.00. The zero-order valence-corrected chi connectivity index (χ0v) is 10.8. The van der Waals surface area contributed by atoms with Crippen molar-refractivity contribution in [1.82, 2.24) is 0 Å². The van der Waals surface area contributed by atoms with Crippen molar-refractivity contribution >= 4 is 32.6 Å². The Balaban J connectivity index is 4.08. The fourth-order valence-electron chi connectivity index (χ4n) is 0.907. The van der Waals surface area contributed by atoms with Gasteiger partial charge in [0.1, 0.15) is 12.1 Å². The Bertz CT molecular complexity index is 259. The van der Waals surface area contributed by atoms with Crippen molar-refractivity contribution in [3.63, 3.8) is 0 Å². The highest BCUT2D eigenvalue weighted by molar-refractivity contribution is 8.28. The normalized spacial score (nSPS) is 16.0. The number of methoxy groups -OCH3 is 2. The number of carbonyl (C=O) groups is 2. The molecule has 94 valence electrons. The van der Waals surface area contributed by atoms with Gasteiger partial charge in [-0.1, -0.05) is 11.2 Å². The molecule has 0 aliphatic heterocycles. The third-order valence-electron chi connectivity index (χ3n) is 1.74. The van der Waals surface area contributed by atoms with E-state index in [1.54, 1.807) is 0 Å². The van der Waals surface area contributed by atoms with Crippen molar-refractivity contribution in [3.8, 4) is 0 Å². The second-order valence-electron chi connectivity index (χ2n) is 3.03. The van der Waals surface area contributed by atoms with E-state index in [-0.39, 0.29) is 11.5 Å². The predicted octanol–water partition coefficient (Wildman–Crippen LogP) is -1.93. The number of ether oxygens (including phenoxy) is 2. The van der Waals surface area contributed by atoms with E-state index >= 15 is 0 Å². The van der Waals surface area contributed by atoms with Crippen LogP contribution in [0.4, 0.5) is 0 Å². The number of nitrogens with two attached hydrogens (primary N) is 2. The van der Waals surface area contributed by atoms with Gasteiger partial charge in [0.25, 0.3) is 0 Å². The summed E-state index contributed by atoms with van der Waals surface area (Å²) in [5.41, 5.74) is 11.0. The smallest absolute Gasteiger partial charge is 0.323 e. The summed E-state index contributed by atoms with van der Waals surface area (Å²) < 4.78 is 8.92. The summed E-state index contributed by atoms with van der Waals surface area (Å²) in [7, 11) is 1.86. The Kier molecular flexibility index (Phi) is 7.39. The van der Waals surface area contributed by atoms with E-state index in [0.29, 0.717) is 0 Å². The second kappa shape index (κ2) is 7.66. The lowest BCUT2D eigenvalue weighted by atomic mass is 10.4. The summed E-state index contributed by atoms with van der Waals surface area (Å²) in [6.45, 7) is 0. The second-order valence-corrected chi connectivity index (χ2v) is 5.99. The average Bonchev–Trinajstić information content (AvgIpc) is 2.26. The fraction of sp³-hybridized carbons (Fsp3) is 0.750. The molecule has 0 radical (unpaired) electrons. The Hall–Kier alpha value is -0.570. The average molecular weight is 268 g/mol. The van der Waals surface area contributed by atoms with Crippen LogP contribution in [0.3, 0.4) is 0 Å². The van der Waals surface area contributed by atoms with E-state index in [9.17, 15) is 9.59 Å². The molecule has 0 heterocycles. The maximum absolute atomic E-state index is 11.0. The quantitative estimate of drug-likeness (QED) is 0.540. The van der Waals surface area contributed by atoms with Gasteiger partial charge in [-0.2, -0.15) is 0 Å². The van der Waals surface area contributed by atoms with Gasteiger partial charge in [-0.05, 0) is 0 Å². The summed E-state index contributed by atoms with van der Waals surface area (Å²) in [5, 5.41) is 0. The maximum Gasteiger partial charge on any atom is 0.323 e. The van der Waals surface area contributed by atoms with Gasteiger partial charge in [-0.25, -0.2) is 0 Å². The molecule has 0 saturated heterocycles. The van der Waals surface area contributed by atoms with Crippen LogP contribution in [0, 0.1) is 0 Å². The molecule has 4 N–H and O–H groups in total. The maximum atomic E-state index is 11.0. The Morgan fingerprint density at radius 3 is 1.69 bits per heavy atom. The molecule has 0 aliphatic rings. The molecule has 1 unspecified atom stereocenters. The van der Waals surface area contributed by atoms with E-state index in [0.717, 1.165) is 0 Å². The molecule has 0 spiro atoms. The van der Waals surface area contributed by atoms with Crippen LogP contribution in [0.2, 0.25) is 0 Å². The molecule has 0 rings (SSSR count). The summed E-state index contributed by atoms with van der Waals surface area (Å²) in [4.78, 5) is 22.0. The molecule has 0 saturated carbocycles. The number of carbonyl (C=O) groups excluding carboxylic acids is 2. The monoisotopic (exact) mass is 268 g/mol. The SMILES string of the molecule is COC(=O)[C@H](N)CS(=S)C[C@H](N)C(=O)OC. The third-order valence-corrected chi connectivity index (χ3v) is 4.02. The van der Waals surface area contributed by atoms with E-state index in [1.165, 1.54) is 14.2 Å². The molecule has 0 aromatic carbocycles. The van der Waals surface area contributed by atoms with Crippen LogP contribution in [0.5, 0.6) is 0 Å². The van der Waals surface area contributed by atoms with Crippen LogP contribution in [0.15, 0.2) is 0 Å². The minimum atomic E-state index is -0.768. The molecule has 0 aliphatic carbocycles. The highest BCUT2D eigenvalue weighted by atomic mass is 32.8. The molecule has 0 aromatic heterocycles. The van der Waals surface area contributed by atoms with Gasteiger partial charge in [0.05, 0.1) is 14.2 Å². The van der Waals surface area contributed by atoms with Gasteiger partial charge in [-0.3, -0.25) is 9.59 Å². The number of hydrogen-bond acceptors (Lipinski definition) is 7. The zero-order valence-electron chi connectivity index (χ0n) is 9.17. The lowest BCUT2D eigenvalue weighted by molar-refractivity contribution is -0.142. The van der Waals surface area contributed by atoms with Crippen LogP contribution in [-0.4, -0.2) is 49.7 Å². The first-order chi connectivity index (χ1) is 7.42. The van der Waals surface area contributed by atoms with E-state index < -0.39 is 33.5 Å². The van der Waals surface area contributed by atoms with Crippen LogP contribution < -0.4 is 11.5 Å². The molecule has 0 bridgehead atoms. The molecule has 8 heteroatoms. The van der Waals surface area contributed by atoms with Crippen molar-refractivity contribution in [2.24, 2.45) is 11.5 Å². The molecular weight excluding hydrogens is 252 g/mol. The van der Waals surface area contributed by atoms with Gasteiger partial charge in [0, 0.05) is 11.5 Å². The van der Waals surface area contributed by atoms with Gasteiger partial charge in [0.2, 0.25) is 0 Å². The van der Waals surface area contributed by atoms with E-state index in [2.05, 4.69) is 9.47 Å². The topological polar surface area (TPSA) is 105 Å². The molecule has 16 heavy (non-hydrogen) atoms. The summed E-state index contributed by atoms with van der Waals surface area (Å²) in [6.07, 6.45) is 0. The van der Waals surface area contributed by atoms with Crippen molar-refractivity contribution in [2.45, 2.75) is 12.1 Å². The molecule has 0 fully saturated rings. The highest BCUT2D eigenvalue weighted by Gasteiger charge is 2.19. The van der Waals surface area contributed by atoms with Crippen LogP contribution in [0.25, 0.3) is 0 Å². The lowest BCUT2D eigenvalue weighted by Gasteiger charge is -2.13. The first-order valence-corrected chi connectivity index (χ1v) is 6.93. The number of hydrogen-bond donors (Lipinski definition) is 2. The molecule has 6 nitrogen and oxygen atoms in total. The first kappa shape index (κ1) is 15.4. The van der Waals surface area contributed by atoms with Gasteiger partial charge >= 0.3 is 11.9 Å². The van der Waals surface area contributed by atoms with E-state index in [1.807, 2.05) is 0 Å². The van der Waals surface area contributed by atoms with Crippen LogP contribution in [0.1, 0.15) is 0 Å². The highest BCUT2D eigenvalue weighted by Crippen LogP contribution is 1.95. The predicted molar refractivity (Wildman–Crippen MR) is 64.4 cm³/mol. The number of rotatable bonds is 6. The van der Waals surface area contributed by atoms with E-state index in [4.69, 9.17) is 22.7 Å². The minimum absolute atomic E-state index is 0.271. The summed E-state index contributed by atoms with van der Waals surface area (Å²) in [5.74, 6) is -0.498. The lowest BCUT2D eigenvalue weighted by Crippen LogP contribution is -2.41. The largest absolute Gasteiger partial charge is 0.468 e. The van der Waals surface area contributed by atoms with Crippen LogP contribution in [-0.2, 0) is 39.7 Å².